The predicted octanol–water partition coefficient (Wildman–Crippen LogP) is 3.80. The zero-order chi connectivity index (χ0) is 25.3. The Bertz CT molecular complexity index is 912. The molecule has 3 unspecified atom stereocenters. The zero-order valence-corrected chi connectivity index (χ0v) is 20.7. The number of hydrogen-bond acceptors (Lipinski definition) is 6. The molecule has 0 saturated carbocycles. The van der Waals surface area contributed by atoms with Gasteiger partial charge in [-0.3, -0.25) is 9.59 Å². The van der Waals surface area contributed by atoms with Crippen LogP contribution < -0.4 is 10.6 Å². The van der Waals surface area contributed by atoms with Gasteiger partial charge >= 0.3 is 0 Å². The number of aliphatic hydroxyl groups is 1. The van der Waals surface area contributed by atoms with Crippen molar-refractivity contribution in [1.82, 2.24) is 0 Å². The molecule has 0 aliphatic rings. The Morgan fingerprint density at radius 2 is 1.18 bits per heavy atom. The van der Waals surface area contributed by atoms with Crippen LogP contribution in [0.15, 0.2) is 48.5 Å². The van der Waals surface area contributed by atoms with E-state index in [0.717, 1.165) is 11.1 Å². The van der Waals surface area contributed by atoms with Gasteiger partial charge in [0, 0.05) is 11.4 Å². The average molecular weight is 473 g/mol. The number of carbonyl (C=O) groups excluding carboxylic acids is 2. The van der Waals surface area contributed by atoms with E-state index in [1.165, 1.54) is 0 Å². The number of ether oxygens (including phenoxy) is 3. The van der Waals surface area contributed by atoms with Gasteiger partial charge in [0.2, 0.25) is 6.29 Å². The third-order valence-electron chi connectivity index (χ3n) is 4.74. The molecule has 0 aliphatic heterocycles. The summed E-state index contributed by atoms with van der Waals surface area (Å²) in [4.78, 5) is 26.0. The maximum Gasteiger partial charge on any atom is 0.281 e. The molecule has 0 heterocycles. The summed E-state index contributed by atoms with van der Waals surface area (Å²) in [5.74, 6) is -1.06. The van der Waals surface area contributed by atoms with E-state index in [2.05, 4.69) is 10.6 Å². The van der Waals surface area contributed by atoms with Crippen LogP contribution in [0.1, 0.15) is 38.8 Å². The number of aryl methyl sites for hydroxylation is 2. The van der Waals surface area contributed by atoms with Crippen LogP contribution in [0.4, 0.5) is 11.4 Å². The third kappa shape index (κ3) is 8.87. The fourth-order valence-corrected chi connectivity index (χ4v) is 3.07. The topological polar surface area (TPSA) is 106 Å². The van der Waals surface area contributed by atoms with Crippen molar-refractivity contribution in [3.63, 3.8) is 0 Å². The lowest BCUT2D eigenvalue weighted by Gasteiger charge is -2.30. The van der Waals surface area contributed by atoms with Crippen molar-refractivity contribution in [2.75, 3.05) is 17.2 Å². The van der Waals surface area contributed by atoms with E-state index in [-0.39, 0.29) is 12.2 Å². The van der Waals surface area contributed by atoms with Crippen molar-refractivity contribution in [2.24, 2.45) is 0 Å². The van der Waals surface area contributed by atoms with Crippen LogP contribution in [0.25, 0.3) is 0 Å². The highest BCUT2D eigenvalue weighted by atomic mass is 16.7. The molecule has 8 heteroatoms. The second-order valence-corrected chi connectivity index (χ2v) is 8.69. The molecule has 3 atom stereocenters. The van der Waals surface area contributed by atoms with Crippen molar-refractivity contribution in [2.45, 2.75) is 72.2 Å². The van der Waals surface area contributed by atoms with Gasteiger partial charge < -0.3 is 30.0 Å². The normalized spacial score (nSPS) is 14.0. The Hall–Kier alpha value is -2.78. The predicted molar refractivity (Wildman–Crippen MR) is 132 cm³/mol. The molecular weight excluding hydrogens is 436 g/mol. The van der Waals surface area contributed by atoms with Crippen LogP contribution in [0.5, 0.6) is 0 Å². The Morgan fingerprint density at radius 1 is 0.735 bits per heavy atom. The number of anilines is 2. The summed E-state index contributed by atoms with van der Waals surface area (Å²) < 4.78 is 17.3. The smallest absolute Gasteiger partial charge is 0.281 e. The molecule has 0 bridgehead atoms. The lowest BCUT2D eigenvalue weighted by atomic mass is 10.1. The van der Waals surface area contributed by atoms with Crippen molar-refractivity contribution in [1.29, 1.82) is 0 Å². The van der Waals surface area contributed by atoms with Crippen molar-refractivity contribution in [3.05, 3.63) is 59.7 Å². The fraction of sp³-hybridized carbons (Fsp3) is 0.462. The molecule has 8 nitrogen and oxygen atoms in total. The summed E-state index contributed by atoms with van der Waals surface area (Å²) in [6.07, 6.45) is -4.39. The molecule has 2 aromatic rings. The monoisotopic (exact) mass is 472 g/mol. The number of carbonyl (C=O) groups is 2. The van der Waals surface area contributed by atoms with E-state index in [1.54, 1.807) is 52.0 Å². The van der Waals surface area contributed by atoms with Crippen LogP contribution in [-0.2, 0) is 23.8 Å². The van der Waals surface area contributed by atoms with E-state index in [9.17, 15) is 14.7 Å². The van der Waals surface area contributed by atoms with Gasteiger partial charge in [0.05, 0.1) is 18.8 Å². The minimum atomic E-state index is -1.37. The molecule has 0 aliphatic carbocycles. The minimum Gasteiger partial charge on any atom is -0.394 e. The van der Waals surface area contributed by atoms with Gasteiger partial charge in [-0.25, -0.2) is 0 Å². The summed E-state index contributed by atoms with van der Waals surface area (Å²) in [7, 11) is 0. The molecule has 0 radical (unpaired) electrons. The number of hydrogen-bond donors (Lipinski definition) is 3. The maximum absolute atomic E-state index is 13.1. The second-order valence-electron chi connectivity index (χ2n) is 8.69. The van der Waals surface area contributed by atoms with Gasteiger partial charge in [-0.1, -0.05) is 35.4 Å². The molecule has 2 aromatic carbocycles. The first-order valence-electron chi connectivity index (χ1n) is 11.4. The first-order valence-corrected chi connectivity index (χ1v) is 11.4. The lowest BCUT2D eigenvalue weighted by Crippen LogP contribution is -2.49. The Balaban J connectivity index is 2.20. The standard InChI is InChI=1S/C26H36N2O6/c1-16(2)32-23(24(30)27-20-11-7-18(5)8-12-20)22(15-29)34-26(33-17(3)4)25(31)28-21-13-9-19(6)10-14-21/h7-14,16-17,22-23,26,29H,15H2,1-6H3,(H,27,30)(H,28,31). The first-order chi connectivity index (χ1) is 16.1. The summed E-state index contributed by atoms with van der Waals surface area (Å²) in [6.45, 7) is 10.4. The summed E-state index contributed by atoms with van der Waals surface area (Å²) in [6, 6.07) is 14.6. The third-order valence-corrected chi connectivity index (χ3v) is 4.74. The molecule has 2 amide bonds. The van der Waals surface area contributed by atoms with Gasteiger partial charge in [0.1, 0.15) is 6.10 Å². The van der Waals surface area contributed by atoms with E-state index in [1.807, 2.05) is 38.1 Å². The van der Waals surface area contributed by atoms with Crippen LogP contribution in [-0.4, -0.2) is 54.2 Å². The fourth-order valence-electron chi connectivity index (χ4n) is 3.07. The molecule has 3 N–H and O–H groups in total. The lowest BCUT2D eigenvalue weighted by molar-refractivity contribution is -0.216. The quantitative estimate of drug-likeness (QED) is 0.406. The Morgan fingerprint density at radius 3 is 1.59 bits per heavy atom. The summed E-state index contributed by atoms with van der Waals surface area (Å²) >= 11 is 0. The number of amides is 2. The first kappa shape index (κ1) is 27.5. The Kier molecular flexibility index (Phi) is 10.7. The Labute approximate surface area is 201 Å². The number of nitrogens with one attached hydrogen (secondary N) is 2. The van der Waals surface area contributed by atoms with E-state index in [4.69, 9.17) is 14.2 Å². The highest BCUT2D eigenvalue weighted by Crippen LogP contribution is 2.17. The largest absolute Gasteiger partial charge is 0.394 e. The molecule has 0 spiro atoms. The van der Waals surface area contributed by atoms with Crippen LogP contribution in [0.2, 0.25) is 0 Å². The molecule has 2 rings (SSSR count). The van der Waals surface area contributed by atoms with Gasteiger partial charge in [-0.2, -0.15) is 0 Å². The van der Waals surface area contributed by atoms with Gasteiger partial charge in [-0.15, -0.1) is 0 Å². The van der Waals surface area contributed by atoms with E-state index < -0.39 is 36.9 Å². The summed E-state index contributed by atoms with van der Waals surface area (Å²) in [5, 5.41) is 15.6. The number of aliphatic hydroxyl groups excluding tert-OH is 1. The van der Waals surface area contributed by atoms with E-state index in [0.29, 0.717) is 11.4 Å². The van der Waals surface area contributed by atoms with Crippen LogP contribution in [0, 0.1) is 13.8 Å². The van der Waals surface area contributed by atoms with Crippen LogP contribution in [0.3, 0.4) is 0 Å². The average Bonchev–Trinajstić information content (AvgIpc) is 2.77. The van der Waals surface area contributed by atoms with Gasteiger partial charge in [0.25, 0.3) is 11.8 Å². The highest BCUT2D eigenvalue weighted by molar-refractivity contribution is 5.95. The van der Waals surface area contributed by atoms with Gasteiger partial charge in [-0.05, 0) is 65.8 Å². The molecule has 0 aromatic heterocycles. The number of rotatable bonds is 12. The molecule has 0 fully saturated rings. The van der Waals surface area contributed by atoms with Crippen molar-refractivity contribution >= 4 is 23.2 Å². The minimum absolute atomic E-state index is 0.336. The van der Waals surface area contributed by atoms with Gasteiger partial charge in [0.15, 0.2) is 6.10 Å². The van der Waals surface area contributed by atoms with Crippen molar-refractivity contribution < 1.29 is 28.9 Å². The summed E-state index contributed by atoms with van der Waals surface area (Å²) in [5.41, 5.74) is 3.26. The molecular formula is C26H36N2O6. The molecule has 186 valence electrons. The van der Waals surface area contributed by atoms with Crippen LogP contribution >= 0.6 is 0 Å². The van der Waals surface area contributed by atoms with Crippen molar-refractivity contribution in [3.8, 4) is 0 Å². The SMILES string of the molecule is Cc1ccc(NC(=O)C(OC(C)C)OC(CO)C(OC(C)C)C(=O)Nc2ccc(C)cc2)cc1. The molecule has 34 heavy (non-hydrogen) atoms. The second kappa shape index (κ2) is 13.2. The highest BCUT2D eigenvalue weighted by Gasteiger charge is 2.35. The maximum atomic E-state index is 13.1. The van der Waals surface area contributed by atoms with E-state index >= 15 is 0 Å². The number of benzene rings is 2. The zero-order valence-electron chi connectivity index (χ0n) is 20.7. The molecule has 0 saturated heterocycles.